The molecule has 2 N–H and O–H groups in total. The highest BCUT2D eigenvalue weighted by molar-refractivity contribution is 5.68. The van der Waals surface area contributed by atoms with Crippen LogP contribution in [0.25, 0.3) is 0 Å². The second-order valence-corrected chi connectivity index (χ2v) is 6.26. The molecule has 7 nitrogen and oxygen atoms in total. The van der Waals surface area contributed by atoms with Crippen LogP contribution in [0.2, 0.25) is 0 Å². The predicted octanol–water partition coefficient (Wildman–Crippen LogP) is 1.40. The number of nitrogens with zero attached hydrogens (tertiary/aromatic N) is 3. The number of anilines is 1. The van der Waals surface area contributed by atoms with E-state index in [1.165, 1.54) is 4.90 Å². The lowest BCUT2D eigenvalue weighted by atomic mass is 10.0. The summed E-state index contributed by atoms with van der Waals surface area (Å²) in [5, 5.41) is 13.0. The molecule has 2 heterocycles. The first-order chi connectivity index (χ1) is 10.2. The molecular weight excluding hydrogens is 291 g/mol. The lowest BCUT2D eigenvalue weighted by Crippen LogP contribution is -2.53. The molecule has 1 amide bonds. The largest absolute Gasteiger partial charge is 0.444 e. The van der Waals surface area contributed by atoms with E-state index in [2.05, 4.69) is 15.3 Å². The van der Waals surface area contributed by atoms with E-state index >= 15 is 0 Å². The van der Waals surface area contributed by atoms with Gasteiger partial charge in [-0.05, 0) is 27.2 Å². The van der Waals surface area contributed by atoms with Gasteiger partial charge in [-0.25, -0.2) is 19.2 Å². The molecular formula is C14H21FN4O3. The van der Waals surface area contributed by atoms with Crippen molar-refractivity contribution in [3.63, 3.8) is 0 Å². The summed E-state index contributed by atoms with van der Waals surface area (Å²) >= 11 is 0. The number of aliphatic hydroxyl groups excluding tert-OH is 1. The van der Waals surface area contributed by atoms with Crippen LogP contribution in [0.15, 0.2) is 12.4 Å². The van der Waals surface area contributed by atoms with Crippen LogP contribution >= 0.6 is 0 Å². The van der Waals surface area contributed by atoms with Crippen molar-refractivity contribution in [2.75, 3.05) is 18.4 Å². The average Bonchev–Trinajstić information content (AvgIpc) is 2.41. The molecule has 0 unspecified atom stereocenters. The number of halogens is 1. The second-order valence-electron chi connectivity index (χ2n) is 6.26. The molecule has 0 spiro atoms. The Bertz CT molecular complexity index is 518. The summed E-state index contributed by atoms with van der Waals surface area (Å²) in [6.07, 6.45) is 1.42. The van der Waals surface area contributed by atoms with Crippen LogP contribution < -0.4 is 5.32 Å². The topological polar surface area (TPSA) is 87.6 Å². The summed E-state index contributed by atoms with van der Waals surface area (Å²) in [5.74, 6) is -0.332. The molecule has 1 aromatic heterocycles. The molecule has 1 saturated heterocycles. The lowest BCUT2D eigenvalue weighted by Gasteiger charge is -2.37. The number of hydrogen-bond donors (Lipinski definition) is 2. The number of likely N-dealkylation sites (tertiary alicyclic amines) is 1. The number of aromatic nitrogens is 2. The van der Waals surface area contributed by atoms with Gasteiger partial charge in [-0.15, -0.1) is 0 Å². The Morgan fingerprint density at radius 2 is 2.09 bits per heavy atom. The van der Waals surface area contributed by atoms with Gasteiger partial charge in [0.1, 0.15) is 5.60 Å². The number of carbonyl (C=O) groups excluding carboxylic acids is 1. The molecule has 1 aliphatic rings. The lowest BCUT2D eigenvalue weighted by molar-refractivity contribution is 0.00688. The maximum Gasteiger partial charge on any atom is 0.410 e. The van der Waals surface area contributed by atoms with Crippen LogP contribution in [0.5, 0.6) is 0 Å². The molecule has 1 fully saturated rings. The van der Waals surface area contributed by atoms with E-state index in [0.717, 1.165) is 12.4 Å². The van der Waals surface area contributed by atoms with Crippen LogP contribution in [0.3, 0.4) is 0 Å². The SMILES string of the molecule is CC(C)(C)OC(=O)N1CC[C@@H](O)[C@H](Nc2ncc(F)cn2)C1. The van der Waals surface area contributed by atoms with E-state index in [0.29, 0.717) is 13.0 Å². The van der Waals surface area contributed by atoms with Crippen molar-refractivity contribution in [2.45, 2.75) is 44.9 Å². The Labute approximate surface area is 128 Å². The first-order valence-corrected chi connectivity index (χ1v) is 7.15. The van der Waals surface area contributed by atoms with Crippen molar-refractivity contribution in [3.8, 4) is 0 Å². The van der Waals surface area contributed by atoms with Crippen LogP contribution in [-0.2, 0) is 4.74 Å². The van der Waals surface area contributed by atoms with Crippen molar-refractivity contribution < 1.29 is 19.0 Å². The molecule has 0 aromatic carbocycles. The van der Waals surface area contributed by atoms with Crippen LogP contribution in [0, 0.1) is 5.82 Å². The zero-order valence-electron chi connectivity index (χ0n) is 12.9. The summed E-state index contributed by atoms with van der Waals surface area (Å²) in [7, 11) is 0. The van der Waals surface area contributed by atoms with Gasteiger partial charge in [0, 0.05) is 13.1 Å². The highest BCUT2D eigenvalue weighted by Crippen LogP contribution is 2.17. The first-order valence-electron chi connectivity index (χ1n) is 7.15. The van der Waals surface area contributed by atoms with Gasteiger partial charge in [0.05, 0.1) is 24.5 Å². The molecule has 2 atom stereocenters. The molecule has 1 aliphatic heterocycles. The smallest absolute Gasteiger partial charge is 0.410 e. The van der Waals surface area contributed by atoms with Crippen LogP contribution in [-0.4, -0.2) is 56.9 Å². The summed E-state index contributed by atoms with van der Waals surface area (Å²) in [6, 6.07) is -0.438. The van der Waals surface area contributed by atoms with Crippen LogP contribution in [0.1, 0.15) is 27.2 Å². The number of rotatable bonds is 2. The predicted molar refractivity (Wildman–Crippen MR) is 77.8 cm³/mol. The maximum absolute atomic E-state index is 12.8. The van der Waals surface area contributed by atoms with Gasteiger partial charge in [0.2, 0.25) is 5.95 Å². The van der Waals surface area contributed by atoms with Crippen molar-refractivity contribution in [2.24, 2.45) is 0 Å². The minimum atomic E-state index is -0.646. The van der Waals surface area contributed by atoms with E-state index in [9.17, 15) is 14.3 Å². The fourth-order valence-electron chi connectivity index (χ4n) is 2.13. The summed E-state index contributed by atoms with van der Waals surface area (Å²) < 4.78 is 18.1. The van der Waals surface area contributed by atoms with Crippen molar-refractivity contribution in [3.05, 3.63) is 18.2 Å². The zero-order valence-corrected chi connectivity index (χ0v) is 12.9. The molecule has 22 heavy (non-hydrogen) atoms. The van der Waals surface area contributed by atoms with Crippen molar-refractivity contribution in [1.29, 1.82) is 0 Å². The minimum absolute atomic E-state index is 0.205. The Hall–Kier alpha value is -1.96. The average molecular weight is 312 g/mol. The fraction of sp³-hybridized carbons (Fsp3) is 0.643. The van der Waals surface area contributed by atoms with E-state index in [4.69, 9.17) is 4.74 Å². The molecule has 2 rings (SSSR count). The minimum Gasteiger partial charge on any atom is -0.444 e. The zero-order chi connectivity index (χ0) is 16.3. The quantitative estimate of drug-likeness (QED) is 0.858. The normalized spacial score (nSPS) is 22.3. The number of carbonyl (C=O) groups is 1. The molecule has 122 valence electrons. The van der Waals surface area contributed by atoms with Gasteiger partial charge < -0.3 is 20.1 Å². The number of nitrogens with one attached hydrogen (secondary N) is 1. The maximum atomic E-state index is 12.8. The third-order valence-electron chi connectivity index (χ3n) is 3.16. The van der Waals surface area contributed by atoms with Crippen LogP contribution in [0.4, 0.5) is 15.1 Å². The van der Waals surface area contributed by atoms with Gasteiger partial charge >= 0.3 is 6.09 Å². The van der Waals surface area contributed by atoms with E-state index in [-0.39, 0.29) is 12.5 Å². The fourth-order valence-corrected chi connectivity index (χ4v) is 2.13. The molecule has 8 heteroatoms. The number of ether oxygens (including phenoxy) is 1. The molecule has 0 radical (unpaired) electrons. The van der Waals surface area contributed by atoms with E-state index < -0.39 is 29.7 Å². The Kier molecular flexibility index (Phi) is 4.80. The monoisotopic (exact) mass is 312 g/mol. The Balaban J connectivity index is 1.98. The highest BCUT2D eigenvalue weighted by Gasteiger charge is 2.32. The van der Waals surface area contributed by atoms with Crippen molar-refractivity contribution in [1.82, 2.24) is 14.9 Å². The van der Waals surface area contributed by atoms with E-state index in [1.54, 1.807) is 20.8 Å². The van der Waals surface area contributed by atoms with Gasteiger partial charge in [-0.1, -0.05) is 0 Å². The number of aliphatic hydroxyl groups is 1. The Morgan fingerprint density at radius 3 is 2.68 bits per heavy atom. The highest BCUT2D eigenvalue weighted by atomic mass is 19.1. The molecule has 0 saturated carbocycles. The number of amides is 1. The number of piperidine rings is 1. The molecule has 0 bridgehead atoms. The summed E-state index contributed by atoms with van der Waals surface area (Å²) in [6.45, 7) is 6.07. The molecule has 0 aliphatic carbocycles. The molecule has 1 aromatic rings. The summed E-state index contributed by atoms with van der Waals surface area (Å²) in [4.78, 5) is 21.2. The second kappa shape index (κ2) is 6.43. The third kappa shape index (κ3) is 4.52. The van der Waals surface area contributed by atoms with Crippen molar-refractivity contribution >= 4 is 12.0 Å². The van der Waals surface area contributed by atoms with Gasteiger partial charge in [-0.2, -0.15) is 0 Å². The Morgan fingerprint density at radius 1 is 1.45 bits per heavy atom. The number of hydrogen-bond acceptors (Lipinski definition) is 6. The third-order valence-corrected chi connectivity index (χ3v) is 3.16. The van der Waals surface area contributed by atoms with Gasteiger partial charge in [0.25, 0.3) is 0 Å². The summed E-state index contributed by atoms with van der Waals surface area (Å²) in [5.41, 5.74) is -0.573. The standard InChI is InChI=1S/C14H21FN4O3/c1-14(2,3)22-13(21)19-5-4-11(20)10(8-19)18-12-16-6-9(15)7-17-12/h6-7,10-11,20H,4-5,8H2,1-3H3,(H,16,17,18)/t10-,11-/m1/s1. The van der Waals surface area contributed by atoms with E-state index in [1.807, 2.05) is 0 Å². The van der Waals surface area contributed by atoms with Gasteiger partial charge in [-0.3, -0.25) is 0 Å². The first kappa shape index (κ1) is 16.4. The van der Waals surface area contributed by atoms with Gasteiger partial charge in [0.15, 0.2) is 5.82 Å².